The summed E-state index contributed by atoms with van der Waals surface area (Å²) in [6.07, 6.45) is 9.47. The first-order valence-electron chi connectivity index (χ1n) is 5.90. The SMILES string of the molecule is CC1(CC2CCCCC2)CCC(=O)O1. The summed E-state index contributed by atoms with van der Waals surface area (Å²) in [5.41, 5.74) is -0.126. The summed E-state index contributed by atoms with van der Waals surface area (Å²) < 4.78 is 5.41. The number of rotatable bonds is 2. The molecule has 1 saturated heterocycles. The Morgan fingerprint density at radius 1 is 1.36 bits per heavy atom. The average molecular weight is 196 g/mol. The highest BCUT2D eigenvalue weighted by Gasteiger charge is 2.37. The molecule has 0 amide bonds. The summed E-state index contributed by atoms with van der Waals surface area (Å²) in [7, 11) is 0. The van der Waals surface area contributed by atoms with Gasteiger partial charge < -0.3 is 4.74 Å². The van der Waals surface area contributed by atoms with Crippen molar-refractivity contribution in [2.75, 3.05) is 0 Å². The van der Waals surface area contributed by atoms with E-state index in [4.69, 9.17) is 4.74 Å². The zero-order valence-corrected chi connectivity index (χ0v) is 9.05. The van der Waals surface area contributed by atoms with Crippen molar-refractivity contribution in [3.05, 3.63) is 0 Å². The first kappa shape index (κ1) is 10.0. The van der Waals surface area contributed by atoms with E-state index in [0.717, 1.165) is 18.8 Å². The molecule has 1 aliphatic heterocycles. The van der Waals surface area contributed by atoms with E-state index in [2.05, 4.69) is 6.92 Å². The van der Waals surface area contributed by atoms with Crippen molar-refractivity contribution >= 4 is 5.97 Å². The van der Waals surface area contributed by atoms with Crippen LogP contribution in [0.25, 0.3) is 0 Å². The maximum Gasteiger partial charge on any atom is 0.306 e. The molecule has 1 heterocycles. The molecule has 0 N–H and O–H groups in total. The second-order valence-electron chi connectivity index (χ2n) is 5.13. The molecule has 0 spiro atoms. The molecule has 1 saturated carbocycles. The third-order valence-electron chi connectivity index (χ3n) is 3.66. The molecule has 14 heavy (non-hydrogen) atoms. The normalized spacial score (nSPS) is 34.5. The molecular formula is C12H20O2. The number of carbonyl (C=O) groups excluding carboxylic acids is 1. The van der Waals surface area contributed by atoms with Gasteiger partial charge in [0, 0.05) is 6.42 Å². The Labute approximate surface area is 86.0 Å². The molecule has 2 fully saturated rings. The molecule has 0 aromatic rings. The number of esters is 1. The van der Waals surface area contributed by atoms with Crippen molar-refractivity contribution in [3.8, 4) is 0 Å². The average Bonchev–Trinajstić information content (AvgIpc) is 2.47. The fourth-order valence-electron chi connectivity index (χ4n) is 2.89. The number of ether oxygens (including phenoxy) is 1. The Balaban J connectivity index is 1.86. The van der Waals surface area contributed by atoms with Gasteiger partial charge in [0.2, 0.25) is 0 Å². The zero-order chi connectivity index (χ0) is 10.0. The summed E-state index contributed by atoms with van der Waals surface area (Å²) >= 11 is 0. The minimum absolute atomic E-state index is 0.00306. The summed E-state index contributed by atoms with van der Waals surface area (Å²) in [4.78, 5) is 11.1. The molecule has 2 rings (SSSR count). The van der Waals surface area contributed by atoms with Gasteiger partial charge in [0.15, 0.2) is 0 Å². The fourth-order valence-corrected chi connectivity index (χ4v) is 2.89. The Bertz CT molecular complexity index is 218. The van der Waals surface area contributed by atoms with Crippen molar-refractivity contribution in [2.24, 2.45) is 5.92 Å². The molecule has 1 unspecified atom stereocenters. The van der Waals surface area contributed by atoms with Crippen LogP contribution in [0.3, 0.4) is 0 Å². The molecule has 80 valence electrons. The van der Waals surface area contributed by atoms with Crippen molar-refractivity contribution < 1.29 is 9.53 Å². The van der Waals surface area contributed by atoms with Crippen molar-refractivity contribution in [2.45, 2.75) is 63.9 Å². The Morgan fingerprint density at radius 2 is 2.07 bits per heavy atom. The molecule has 2 nitrogen and oxygen atoms in total. The van der Waals surface area contributed by atoms with Gasteiger partial charge in [-0.1, -0.05) is 32.1 Å². The topological polar surface area (TPSA) is 26.3 Å². The molecule has 0 aromatic carbocycles. The lowest BCUT2D eigenvalue weighted by Crippen LogP contribution is -2.28. The lowest BCUT2D eigenvalue weighted by atomic mass is 9.80. The summed E-state index contributed by atoms with van der Waals surface area (Å²) in [5.74, 6) is 0.808. The van der Waals surface area contributed by atoms with Crippen LogP contribution in [0.2, 0.25) is 0 Å². The van der Waals surface area contributed by atoms with Crippen molar-refractivity contribution in [3.63, 3.8) is 0 Å². The molecule has 2 heteroatoms. The first-order valence-corrected chi connectivity index (χ1v) is 5.90. The van der Waals surface area contributed by atoms with Crippen molar-refractivity contribution in [1.29, 1.82) is 0 Å². The second kappa shape index (κ2) is 3.92. The molecule has 0 aromatic heterocycles. The van der Waals surface area contributed by atoms with Gasteiger partial charge in [-0.3, -0.25) is 4.79 Å². The molecule has 0 bridgehead atoms. The number of cyclic esters (lactones) is 1. The highest BCUT2D eigenvalue weighted by Crippen LogP contribution is 2.37. The smallest absolute Gasteiger partial charge is 0.306 e. The van der Waals surface area contributed by atoms with Gasteiger partial charge in [0.05, 0.1) is 0 Å². The largest absolute Gasteiger partial charge is 0.459 e. The van der Waals surface area contributed by atoms with E-state index < -0.39 is 0 Å². The maximum absolute atomic E-state index is 11.1. The van der Waals surface area contributed by atoms with Crippen LogP contribution in [0.15, 0.2) is 0 Å². The molecule has 1 atom stereocenters. The van der Waals surface area contributed by atoms with Crippen LogP contribution in [0.4, 0.5) is 0 Å². The van der Waals surface area contributed by atoms with E-state index in [1.807, 2.05) is 0 Å². The summed E-state index contributed by atoms with van der Waals surface area (Å²) in [6, 6.07) is 0. The van der Waals surface area contributed by atoms with E-state index in [1.54, 1.807) is 0 Å². The zero-order valence-electron chi connectivity index (χ0n) is 9.05. The third-order valence-corrected chi connectivity index (χ3v) is 3.66. The quantitative estimate of drug-likeness (QED) is 0.634. The standard InChI is InChI=1S/C12H20O2/c1-12(8-7-11(13)14-12)9-10-5-3-2-4-6-10/h10H,2-9H2,1H3. The fraction of sp³-hybridized carbons (Fsp3) is 0.917. The minimum atomic E-state index is -0.126. The third kappa shape index (κ3) is 2.28. The number of hydrogen-bond acceptors (Lipinski definition) is 2. The van der Waals surface area contributed by atoms with Gasteiger partial charge in [0.1, 0.15) is 5.60 Å². The summed E-state index contributed by atoms with van der Waals surface area (Å²) in [5, 5.41) is 0. The van der Waals surface area contributed by atoms with Gasteiger partial charge in [-0.25, -0.2) is 0 Å². The van der Waals surface area contributed by atoms with Crippen LogP contribution in [-0.4, -0.2) is 11.6 Å². The van der Waals surface area contributed by atoms with Crippen LogP contribution < -0.4 is 0 Å². The first-order chi connectivity index (χ1) is 6.68. The van der Waals surface area contributed by atoms with E-state index in [-0.39, 0.29) is 11.6 Å². The highest BCUT2D eigenvalue weighted by molar-refractivity contribution is 5.72. The predicted octanol–water partition coefficient (Wildman–Crippen LogP) is 3.05. The molecule has 2 aliphatic rings. The van der Waals surface area contributed by atoms with Gasteiger partial charge >= 0.3 is 5.97 Å². The van der Waals surface area contributed by atoms with Gasteiger partial charge in [-0.2, -0.15) is 0 Å². The number of carbonyl (C=O) groups is 1. The Kier molecular flexibility index (Phi) is 2.80. The molecule has 0 radical (unpaired) electrons. The Morgan fingerprint density at radius 3 is 2.64 bits per heavy atom. The molecular weight excluding hydrogens is 176 g/mol. The predicted molar refractivity (Wildman–Crippen MR) is 54.9 cm³/mol. The van der Waals surface area contributed by atoms with E-state index in [1.165, 1.54) is 32.1 Å². The number of hydrogen-bond donors (Lipinski definition) is 0. The van der Waals surface area contributed by atoms with Crippen LogP contribution in [-0.2, 0) is 9.53 Å². The van der Waals surface area contributed by atoms with E-state index in [9.17, 15) is 4.79 Å². The van der Waals surface area contributed by atoms with E-state index >= 15 is 0 Å². The minimum Gasteiger partial charge on any atom is -0.459 e. The van der Waals surface area contributed by atoms with Crippen molar-refractivity contribution in [1.82, 2.24) is 0 Å². The maximum atomic E-state index is 11.1. The van der Waals surface area contributed by atoms with Crippen LogP contribution in [0.5, 0.6) is 0 Å². The summed E-state index contributed by atoms with van der Waals surface area (Å²) in [6.45, 7) is 2.10. The highest BCUT2D eigenvalue weighted by atomic mass is 16.6. The second-order valence-corrected chi connectivity index (χ2v) is 5.13. The lowest BCUT2D eigenvalue weighted by molar-refractivity contribution is -0.148. The van der Waals surface area contributed by atoms with Gasteiger partial charge in [-0.05, 0) is 25.7 Å². The van der Waals surface area contributed by atoms with Crippen LogP contribution in [0, 0.1) is 5.92 Å². The van der Waals surface area contributed by atoms with Crippen LogP contribution >= 0.6 is 0 Å². The van der Waals surface area contributed by atoms with Gasteiger partial charge in [-0.15, -0.1) is 0 Å². The van der Waals surface area contributed by atoms with Gasteiger partial charge in [0.25, 0.3) is 0 Å². The Hall–Kier alpha value is -0.530. The monoisotopic (exact) mass is 196 g/mol. The van der Waals surface area contributed by atoms with Crippen LogP contribution in [0.1, 0.15) is 58.3 Å². The molecule has 1 aliphatic carbocycles. The lowest BCUT2D eigenvalue weighted by Gasteiger charge is -2.30. The van der Waals surface area contributed by atoms with E-state index in [0.29, 0.717) is 6.42 Å².